The molecule has 0 saturated carbocycles. The molecule has 0 bridgehead atoms. The van der Waals surface area contributed by atoms with E-state index >= 15 is 0 Å². The summed E-state index contributed by atoms with van der Waals surface area (Å²) in [5.74, 6) is -1.23. The number of carbonyl (C=O) groups excluding carboxylic acids is 2. The van der Waals surface area contributed by atoms with Crippen molar-refractivity contribution in [1.82, 2.24) is 29.8 Å². The van der Waals surface area contributed by atoms with Gasteiger partial charge in [-0.3, -0.25) is 4.79 Å². The molecule has 30 heavy (non-hydrogen) atoms. The van der Waals surface area contributed by atoms with Crippen LogP contribution in [0.5, 0.6) is 0 Å². The number of Topliss-reactive ketones (excluding diaryl/α,β-unsaturated/α-hetero) is 1. The van der Waals surface area contributed by atoms with Crippen molar-refractivity contribution in [2.45, 2.75) is 13.2 Å². The molecule has 0 radical (unpaired) electrons. The van der Waals surface area contributed by atoms with E-state index in [0.717, 1.165) is 10.2 Å². The standard InChI is InChI=1S/C20H15BrN6O3/c1-13-17(24-25-27(13)16-9-7-15(21)8-10-16)20(29)30-19(26-12-22-11-23-26)18(28)14-5-3-2-4-6-14/h2-12,19H,1H3. The molecule has 2 aromatic carbocycles. The summed E-state index contributed by atoms with van der Waals surface area (Å²) in [5.41, 5.74) is 1.59. The highest BCUT2D eigenvalue weighted by Crippen LogP contribution is 2.20. The van der Waals surface area contributed by atoms with Crippen molar-refractivity contribution in [1.29, 1.82) is 0 Å². The first-order valence-electron chi connectivity index (χ1n) is 8.87. The van der Waals surface area contributed by atoms with Gasteiger partial charge in [-0.25, -0.2) is 19.1 Å². The predicted octanol–water partition coefficient (Wildman–Crippen LogP) is 3.17. The minimum atomic E-state index is -1.32. The van der Waals surface area contributed by atoms with Crippen LogP contribution in [0, 0.1) is 6.92 Å². The molecule has 0 aliphatic carbocycles. The zero-order valence-electron chi connectivity index (χ0n) is 15.7. The second-order valence-corrected chi connectivity index (χ2v) is 7.19. The number of ether oxygens (including phenoxy) is 1. The number of rotatable bonds is 6. The maximum atomic E-state index is 12.9. The number of hydrogen-bond donors (Lipinski definition) is 0. The maximum absolute atomic E-state index is 12.9. The van der Waals surface area contributed by atoms with Crippen molar-refractivity contribution < 1.29 is 14.3 Å². The summed E-state index contributed by atoms with van der Waals surface area (Å²) >= 11 is 3.38. The van der Waals surface area contributed by atoms with Crippen molar-refractivity contribution in [3.05, 3.63) is 88.7 Å². The zero-order chi connectivity index (χ0) is 21.1. The van der Waals surface area contributed by atoms with E-state index in [0.29, 0.717) is 11.3 Å². The lowest BCUT2D eigenvalue weighted by molar-refractivity contribution is 0.00738. The summed E-state index contributed by atoms with van der Waals surface area (Å²) in [6, 6.07) is 15.9. The maximum Gasteiger partial charge on any atom is 0.363 e. The SMILES string of the molecule is Cc1c(C(=O)OC(C(=O)c2ccccc2)n2cncn2)nnn1-c1ccc(Br)cc1. The van der Waals surface area contributed by atoms with E-state index in [9.17, 15) is 9.59 Å². The summed E-state index contributed by atoms with van der Waals surface area (Å²) < 4.78 is 9.11. The van der Waals surface area contributed by atoms with Crippen LogP contribution in [0.15, 0.2) is 71.7 Å². The van der Waals surface area contributed by atoms with Crippen molar-refractivity contribution in [3.8, 4) is 5.69 Å². The van der Waals surface area contributed by atoms with E-state index in [1.54, 1.807) is 37.3 Å². The van der Waals surface area contributed by atoms with E-state index in [1.165, 1.54) is 22.0 Å². The highest BCUT2D eigenvalue weighted by Gasteiger charge is 2.29. The number of nitrogens with zero attached hydrogens (tertiary/aromatic N) is 6. The molecule has 0 N–H and O–H groups in total. The molecule has 0 spiro atoms. The van der Waals surface area contributed by atoms with Crippen LogP contribution in [0.4, 0.5) is 0 Å². The molecule has 10 heteroatoms. The lowest BCUT2D eigenvalue weighted by atomic mass is 10.1. The van der Waals surface area contributed by atoms with Gasteiger partial charge in [-0.15, -0.1) is 5.10 Å². The number of benzene rings is 2. The molecule has 0 amide bonds. The fourth-order valence-corrected chi connectivity index (χ4v) is 3.08. The molecule has 9 nitrogen and oxygen atoms in total. The van der Waals surface area contributed by atoms with Gasteiger partial charge in [0.1, 0.15) is 12.7 Å². The second kappa shape index (κ2) is 8.37. The monoisotopic (exact) mass is 466 g/mol. The summed E-state index contributed by atoms with van der Waals surface area (Å²) in [5, 5.41) is 11.9. The van der Waals surface area contributed by atoms with E-state index < -0.39 is 18.0 Å². The molecular weight excluding hydrogens is 452 g/mol. The van der Waals surface area contributed by atoms with Crippen LogP contribution in [0.2, 0.25) is 0 Å². The fraction of sp³-hybridized carbons (Fsp3) is 0.100. The molecule has 2 aromatic heterocycles. The molecule has 0 saturated heterocycles. The summed E-state index contributed by atoms with van der Waals surface area (Å²) in [6.07, 6.45) is 1.25. The smallest absolute Gasteiger partial charge is 0.363 e. The van der Waals surface area contributed by atoms with Crippen molar-refractivity contribution in [2.24, 2.45) is 0 Å². The van der Waals surface area contributed by atoms with Gasteiger partial charge in [0.25, 0.3) is 6.23 Å². The number of esters is 1. The van der Waals surface area contributed by atoms with Crippen LogP contribution in [-0.2, 0) is 4.74 Å². The van der Waals surface area contributed by atoms with Gasteiger partial charge in [0, 0.05) is 10.0 Å². The Labute approximate surface area is 179 Å². The first-order chi connectivity index (χ1) is 14.5. The number of aromatic nitrogens is 6. The van der Waals surface area contributed by atoms with Gasteiger partial charge in [0.05, 0.1) is 11.4 Å². The third-order valence-electron chi connectivity index (χ3n) is 4.34. The number of carbonyl (C=O) groups is 2. The Morgan fingerprint density at radius 3 is 2.47 bits per heavy atom. The molecule has 0 aliphatic heterocycles. The van der Waals surface area contributed by atoms with Gasteiger partial charge in [0.15, 0.2) is 5.69 Å². The molecule has 4 aromatic rings. The third-order valence-corrected chi connectivity index (χ3v) is 4.87. The predicted molar refractivity (Wildman–Crippen MR) is 109 cm³/mol. The van der Waals surface area contributed by atoms with Gasteiger partial charge in [0.2, 0.25) is 5.78 Å². The molecule has 150 valence electrons. The van der Waals surface area contributed by atoms with Crippen LogP contribution < -0.4 is 0 Å². The van der Waals surface area contributed by atoms with E-state index in [-0.39, 0.29) is 5.69 Å². The quantitative estimate of drug-likeness (QED) is 0.317. The lowest BCUT2D eigenvalue weighted by Gasteiger charge is -2.16. The first kappa shape index (κ1) is 19.6. The topological polar surface area (TPSA) is 105 Å². The highest BCUT2D eigenvalue weighted by atomic mass is 79.9. The Morgan fingerprint density at radius 2 is 1.80 bits per heavy atom. The van der Waals surface area contributed by atoms with Crippen molar-refractivity contribution in [3.63, 3.8) is 0 Å². The Hall–Kier alpha value is -3.66. The Bertz CT molecular complexity index is 1170. The molecule has 0 aliphatic rings. The molecular formula is C20H15BrN6O3. The highest BCUT2D eigenvalue weighted by molar-refractivity contribution is 9.10. The molecule has 1 atom stereocenters. The minimum absolute atomic E-state index is 0.00361. The van der Waals surface area contributed by atoms with Crippen molar-refractivity contribution >= 4 is 27.7 Å². The Kier molecular flexibility index (Phi) is 5.48. The van der Waals surface area contributed by atoms with Crippen molar-refractivity contribution in [2.75, 3.05) is 0 Å². The number of ketones is 1. The zero-order valence-corrected chi connectivity index (χ0v) is 17.3. The molecule has 0 fully saturated rings. The average molecular weight is 467 g/mol. The molecule has 1 unspecified atom stereocenters. The number of hydrogen-bond acceptors (Lipinski definition) is 7. The van der Waals surface area contributed by atoms with E-state index in [1.807, 2.05) is 24.3 Å². The average Bonchev–Trinajstić information content (AvgIpc) is 3.43. The van der Waals surface area contributed by atoms with Gasteiger partial charge in [-0.2, -0.15) is 5.10 Å². The second-order valence-electron chi connectivity index (χ2n) is 6.28. The third kappa shape index (κ3) is 3.90. The van der Waals surface area contributed by atoms with Crippen LogP contribution in [-0.4, -0.2) is 41.5 Å². The van der Waals surface area contributed by atoms with Crippen LogP contribution in [0.3, 0.4) is 0 Å². The number of halogens is 1. The molecule has 4 rings (SSSR count). The van der Waals surface area contributed by atoms with E-state index in [2.05, 4.69) is 36.3 Å². The largest absolute Gasteiger partial charge is 0.427 e. The van der Waals surface area contributed by atoms with Gasteiger partial charge >= 0.3 is 5.97 Å². The first-order valence-corrected chi connectivity index (χ1v) is 9.66. The van der Waals surface area contributed by atoms with E-state index in [4.69, 9.17) is 4.74 Å². The van der Waals surface area contributed by atoms with Gasteiger partial charge < -0.3 is 4.74 Å². The van der Waals surface area contributed by atoms with Crippen LogP contribution in [0.1, 0.15) is 32.8 Å². The summed E-state index contributed by atoms with van der Waals surface area (Å²) in [4.78, 5) is 29.6. The lowest BCUT2D eigenvalue weighted by Crippen LogP contribution is -2.26. The Balaban J connectivity index is 1.62. The summed E-state index contributed by atoms with van der Waals surface area (Å²) in [6.45, 7) is 1.70. The normalized spacial score (nSPS) is 11.8. The fourth-order valence-electron chi connectivity index (χ4n) is 2.81. The van der Waals surface area contributed by atoms with Crippen LogP contribution in [0.25, 0.3) is 5.69 Å². The van der Waals surface area contributed by atoms with Gasteiger partial charge in [-0.1, -0.05) is 51.5 Å². The Morgan fingerprint density at radius 1 is 1.07 bits per heavy atom. The summed E-state index contributed by atoms with van der Waals surface area (Å²) in [7, 11) is 0. The van der Waals surface area contributed by atoms with Gasteiger partial charge in [-0.05, 0) is 31.2 Å². The van der Waals surface area contributed by atoms with Crippen LogP contribution >= 0.6 is 15.9 Å². The molecule has 2 heterocycles. The minimum Gasteiger partial charge on any atom is -0.427 e.